The van der Waals surface area contributed by atoms with Crippen LogP contribution in [0.1, 0.15) is 12.0 Å². The van der Waals surface area contributed by atoms with Gasteiger partial charge in [0.25, 0.3) is 0 Å². The van der Waals surface area contributed by atoms with Gasteiger partial charge in [0.15, 0.2) is 0 Å². The number of hydrogen-bond donors (Lipinski definition) is 1. The van der Waals surface area contributed by atoms with Crippen molar-refractivity contribution in [1.82, 2.24) is 10.4 Å². The van der Waals surface area contributed by atoms with Crippen LogP contribution in [0.25, 0.3) is 0 Å². The van der Waals surface area contributed by atoms with Crippen molar-refractivity contribution in [3.63, 3.8) is 0 Å². The smallest absolute Gasteiger partial charge is 0.241 e. The van der Waals surface area contributed by atoms with Crippen molar-refractivity contribution in [3.05, 3.63) is 35.9 Å². The molecule has 0 aliphatic carbocycles. The Hall–Kier alpha value is -1.84. The number of carbonyl (C=O) groups excluding carboxylic acids is 2. The maximum Gasteiger partial charge on any atom is 0.241 e. The summed E-state index contributed by atoms with van der Waals surface area (Å²) in [5.74, 6) is -0.106. The minimum absolute atomic E-state index is 0.106. The Balaban J connectivity index is 2.37. The molecule has 0 heterocycles. The lowest BCUT2D eigenvalue weighted by Crippen LogP contribution is -2.38. The Labute approximate surface area is 88.9 Å². The van der Waals surface area contributed by atoms with E-state index in [1.165, 1.54) is 12.1 Å². The predicted octanol–water partition coefficient (Wildman–Crippen LogP) is 0.739. The van der Waals surface area contributed by atoms with Crippen LogP contribution in [0.2, 0.25) is 0 Å². The Morgan fingerprint density at radius 3 is 2.67 bits per heavy atom. The second-order valence-corrected chi connectivity index (χ2v) is 3.19. The summed E-state index contributed by atoms with van der Waals surface area (Å²) in [5, 5.41) is 1.19. The van der Waals surface area contributed by atoms with Crippen molar-refractivity contribution < 1.29 is 9.59 Å². The molecule has 1 aromatic carbocycles. The summed E-state index contributed by atoms with van der Waals surface area (Å²) < 4.78 is 0. The third-order valence-electron chi connectivity index (χ3n) is 2.09. The van der Waals surface area contributed by atoms with Gasteiger partial charge in [-0.25, -0.2) is 0 Å². The van der Waals surface area contributed by atoms with Gasteiger partial charge in [0.2, 0.25) is 12.3 Å². The lowest BCUT2D eigenvalue weighted by Gasteiger charge is -2.14. The second-order valence-electron chi connectivity index (χ2n) is 3.19. The number of nitrogens with one attached hydrogen (secondary N) is 1. The summed E-state index contributed by atoms with van der Waals surface area (Å²) in [5.41, 5.74) is 3.40. The molecule has 0 aliphatic heterocycles. The number of nitrogens with zero attached hydrogens (tertiary/aromatic N) is 1. The first-order valence-corrected chi connectivity index (χ1v) is 4.74. The standard InChI is InChI=1S/C11H14N2O2/c1-13(12-9-14)11(15)8-7-10-5-3-2-4-6-10/h2-6,9H,7-8H2,1H3,(H,12,14). The van der Waals surface area contributed by atoms with Crippen molar-refractivity contribution >= 4 is 12.3 Å². The second kappa shape index (κ2) is 5.80. The van der Waals surface area contributed by atoms with E-state index in [4.69, 9.17) is 0 Å². The number of carbonyl (C=O) groups is 2. The van der Waals surface area contributed by atoms with E-state index in [1.54, 1.807) is 0 Å². The fourth-order valence-corrected chi connectivity index (χ4v) is 1.21. The molecule has 4 nitrogen and oxygen atoms in total. The third kappa shape index (κ3) is 3.81. The van der Waals surface area contributed by atoms with Crippen molar-refractivity contribution in [2.75, 3.05) is 7.05 Å². The molecule has 15 heavy (non-hydrogen) atoms. The van der Waals surface area contributed by atoms with Crippen LogP contribution in [0.5, 0.6) is 0 Å². The molecular weight excluding hydrogens is 192 g/mol. The highest BCUT2D eigenvalue weighted by atomic mass is 16.2. The summed E-state index contributed by atoms with van der Waals surface area (Å²) in [6.45, 7) is 0. The van der Waals surface area contributed by atoms with Crippen LogP contribution < -0.4 is 5.43 Å². The number of aryl methyl sites for hydroxylation is 1. The molecule has 1 N–H and O–H groups in total. The fraction of sp³-hybridized carbons (Fsp3) is 0.273. The van der Waals surface area contributed by atoms with E-state index in [9.17, 15) is 9.59 Å². The SMILES string of the molecule is CN(NC=O)C(=O)CCc1ccccc1. The maximum absolute atomic E-state index is 11.4. The maximum atomic E-state index is 11.4. The average Bonchev–Trinajstić information content (AvgIpc) is 2.27. The zero-order chi connectivity index (χ0) is 11.1. The van der Waals surface area contributed by atoms with Gasteiger partial charge in [0.1, 0.15) is 0 Å². The minimum atomic E-state index is -0.106. The van der Waals surface area contributed by atoms with Gasteiger partial charge in [-0.2, -0.15) is 0 Å². The van der Waals surface area contributed by atoms with Crippen LogP contribution in [-0.2, 0) is 16.0 Å². The molecule has 0 unspecified atom stereocenters. The molecule has 0 saturated heterocycles. The Kier molecular flexibility index (Phi) is 4.34. The van der Waals surface area contributed by atoms with Gasteiger partial charge in [-0.15, -0.1) is 0 Å². The fourth-order valence-electron chi connectivity index (χ4n) is 1.21. The monoisotopic (exact) mass is 206 g/mol. The van der Waals surface area contributed by atoms with E-state index < -0.39 is 0 Å². The number of amides is 2. The Morgan fingerprint density at radius 1 is 1.40 bits per heavy atom. The zero-order valence-electron chi connectivity index (χ0n) is 8.64. The van der Waals surface area contributed by atoms with Gasteiger partial charge >= 0.3 is 0 Å². The molecule has 0 bridgehead atoms. The Morgan fingerprint density at radius 2 is 2.07 bits per heavy atom. The summed E-state index contributed by atoms with van der Waals surface area (Å²) >= 11 is 0. The van der Waals surface area contributed by atoms with Crippen LogP contribution >= 0.6 is 0 Å². The first-order chi connectivity index (χ1) is 7.24. The molecule has 80 valence electrons. The van der Waals surface area contributed by atoms with Crippen LogP contribution in [0.4, 0.5) is 0 Å². The highest BCUT2D eigenvalue weighted by Crippen LogP contribution is 2.03. The first-order valence-electron chi connectivity index (χ1n) is 4.74. The third-order valence-corrected chi connectivity index (χ3v) is 2.09. The zero-order valence-corrected chi connectivity index (χ0v) is 8.64. The largest absolute Gasteiger partial charge is 0.277 e. The van der Waals surface area contributed by atoms with Crippen molar-refractivity contribution in [1.29, 1.82) is 0 Å². The lowest BCUT2D eigenvalue weighted by atomic mass is 10.1. The molecule has 0 aromatic heterocycles. The number of hydrogen-bond acceptors (Lipinski definition) is 2. The summed E-state index contributed by atoms with van der Waals surface area (Å²) in [6, 6.07) is 9.76. The highest BCUT2D eigenvalue weighted by molar-refractivity contribution is 5.76. The minimum Gasteiger partial charge on any atom is -0.277 e. The van der Waals surface area contributed by atoms with E-state index in [-0.39, 0.29) is 5.91 Å². The van der Waals surface area contributed by atoms with E-state index in [0.717, 1.165) is 5.56 Å². The predicted molar refractivity (Wildman–Crippen MR) is 56.7 cm³/mol. The molecule has 0 atom stereocenters. The molecule has 2 amide bonds. The molecular formula is C11H14N2O2. The Bertz CT molecular complexity index is 325. The van der Waals surface area contributed by atoms with Gasteiger partial charge < -0.3 is 0 Å². The van der Waals surface area contributed by atoms with Crippen LogP contribution in [0, 0.1) is 0 Å². The number of benzene rings is 1. The van der Waals surface area contributed by atoms with E-state index in [1.807, 2.05) is 30.3 Å². The first kappa shape index (κ1) is 11.2. The molecule has 1 aromatic rings. The van der Waals surface area contributed by atoms with E-state index in [2.05, 4.69) is 5.43 Å². The lowest BCUT2D eigenvalue weighted by molar-refractivity contribution is -0.135. The van der Waals surface area contributed by atoms with Gasteiger partial charge in [-0.3, -0.25) is 20.0 Å². The summed E-state index contributed by atoms with van der Waals surface area (Å²) in [4.78, 5) is 21.5. The number of rotatable bonds is 5. The van der Waals surface area contributed by atoms with Crippen molar-refractivity contribution in [2.24, 2.45) is 0 Å². The molecule has 0 spiro atoms. The van der Waals surface area contributed by atoms with Gasteiger partial charge in [-0.1, -0.05) is 30.3 Å². The van der Waals surface area contributed by atoms with E-state index in [0.29, 0.717) is 19.3 Å². The molecule has 0 saturated carbocycles. The highest BCUT2D eigenvalue weighted by Gasteiger charge is 2.06. The molecule has 4 heteroatoms. The molecule has 1 rings (SSSR count). The topological polar surface area (TPSA) is 49.4 Å². The van der Waals surface area contributed by atoms with Crippen molar-refractivity contribution in [3.8, 4) is 0 Å². The molecule has 0 fully saturated rings. The number of hydrazine groups is 1. The van der Waals surface area contributed by atoms with Gasteiger partial charge in [-0.05, 0) is 12.0 Å². The normalized spacial score (nSPS) is 9.40. The van der Waals surface area contributed by atoms with Gasteiger partial charge in [0.05, 0.1) is 0 Å². The van der Waals surface area contributed by atoms with Crippen LogP contribution in [0.15, 0.2) is 30.3 Å². The molecule has 0 radical (unpaired) electrons. The van der Waals surface area contributed by atoms with Crippen LogP contribution in [-0.4, -0.2) is 24.4 Å². The quantitative estimate of drug-likeness (QED) is 0.570. The van der Waals surface area contributed by atoms with Crippen LogP contribution in [0.3, 0.4) is 0 Å². The summed E-state index contributed by atoms with van der Waals surface area (Å²) in [6.07, 6.45) is 1.56. The van der Waals surface area contributed by atoms with Crippen molar-refractivity contribution in [2.45, 2.75) is 12.8 Å². The average molecular weight is 206 g/mol. The van der Waals surface area contributed by atoms with E-state index >= 15 is 0 Å². The summed E-state index contributed by atoms with van der Waals surface area (Å²) in [7, 11) is 1.53. The molecule has 0 aliphatic rings. The van der Waals surface area contributed by atoms with Gasteiger partial charge in [0, 0.05) is 13.5 Å².